The van der Waals surface area contributed by atoms with Crippen LogP contribution < -0.4 is 44.1 Å². The molecule has 3 rings (SSSR count). The van der Waals surface area contributed by atoms with Crippen LogP contribution in [-0.4, -0.2) is 39.6 Å². The van der Waals surface area contributed by atoms with Crippen molar-refractivity contribution in [3.05, 3.63) is 82.9 Å². The second-order valence-corrected chi connectivity index (χ2v) is 11.6. The van der Waals surface area contributed by atoms with Gasteiger partial charge < -0.3 is 24.1 Å². The van der Waals surface area contributed by atoms with Crippen LogP contribution in [0.3, 0.4) is 0 Å². The average molecular weight is 563 g/mol. The maximum atomic E-state index is 11.3. The van der Waals surface area contributed by atoms with Crippen LogP contribution in [0.25, 0.3) is 11.1 Å². The SMILES string of the molecule is CCO[C@@H](CC(=O)[O-])c1ccc(OCc2cccc(-c3c(C)cc(OCCCS(C)(=O)=O)cc3C)c2)cc1.[Na+]. The van der Waals surface area contributed by atoms with Gasteiger partial charge in [0.15, 0.2) is 0 Å². The molecule has 7 nitrogen and oxygen atoms in total. The van der Waals surface area contributed by atoms with Gasteiger partial charge in [0.2, 0.25) is 0 Å². The van der Waals surface area contributed by atoms with Crippen molar-refractivity contribution in [1.82, 2.24) is 0 Å². The van der Waals surface area contributed by atoms with Gasteiger partial charge in [0.05, 0.1) is 18.5 Å². The standard InChI is InChI=1S/C30H36O7S.Na/c1-5-35-28(19-29(31)32)24-10-12-26(13-11-24)37-20-23-8-6-9-25(18-23)30-21(2)16-27(17-22(30)3)36-14-7-15-38(4,33)34;/h6,8-13,16-18,28H,5,7,14-15,19-20H2,1-4H3,(H,31,32);/q;+1/p-1/t28-;/m0./s1. The Bertz CT molecular complexity index is 1310. The van der Waals surface area contributed by atoms with Gasteiger partial charge in [-0.25, -0.2) is 8.42 Å². The molecule has 9 heteroatoms. The van der Waals surface area contributed by atoms with Crippen LogP contribution in [0.15, 0.2) is 60.7 Å². The molecule has 3 aromatic rings. The van der Waals surface area contributed by atoms with Gasteiger partial charge in [-0.1, -0.05) is 30.3 Å². The summed E-state index contributed by atoms with van der Waals surface area (Å²) in [4.78, 5) is 11.0. The predicted molar refractivity (Wildman–Crippen MR) is 146 cm³/mol. The Kier molecular flexibility index (Phi) is 13.0. The second kappa shape index (κ2) is 15.4. The summed E-state index contributed by atoms with van der Waals surface area (Å²) in [5.41, 5.74) is 6.10. The van der Waals surface area contributed by atoms with Gasteiger partial charge >= 0.3 is 29.6 Å². The summed E-state index contributed by atoms with van der Waals surface area (Å²) in [7, 11) is -2.99. The normalized spacial score (nSPS) is 11.9. The molecule has 0 N–H and O–H groups in total. The van der Waals surface area contributed by atoms with E-state index in [1.165, 1.54) is 6.26 Å². The molecule has 0 spiro atoms. The number of ether oxygens (including phenoxy) is 3. The van der Waals surface area contributed by atoms with Gasteiger partial charge in [-0.05, 0) is 90.9 Å². The zero-order chi connectivity index (χ0) is 27.7. The van der Waals surface area contributed by atoms with Gasteiger partial charge in [-0.15, -0.1) is 0 Å². The van der Waals surface area contributed by atoms with Gasteiger partial charge in [-0.3, -0.25) is 0 Å². The molecule has 0 aliphatic carbocycles. The molecule has 204 valence electrons. The van der Waals surface area contributed by atoms with E-state index in [2.05, 4.69) is 12.1 Å². The maximum absolute atomic E-state index is 11.3. The van der Waals surface area contributed by atoms with Crippen LogP contribution in [0.4, 0.5) is 0 Å². The maximum Gasteiger partial charge on any atom is 1.00 e. The minimum Gasteiger partial charge on any atom is -0.550 e. The van der Waals surface area contributed by atoms with Gasteiger partial charge in [0.25, 0.3) is 0 Å². The van der Waals surface area contributed by atoms with E-state index in [0.717, 1.165) is 39.1 Å². The zero-order valence-corrected chi connectivity index (χ0v) is 26.2. The number of hydrogen-bond donors (Lipinski definition) is 0. The summed E-state index contributed by atoms with van der Waals surface area (Å²) < 4.78 is 39.9. The molecule has 0 heterocycles. The molecule has 1 atom stereocenters. The zero-order valence-electron chi connectivity index (χ0n) is 23.4. The number of hydrogen-bond acceptors (Lipinski definition) is 7. The van der Waals surface area contributed by atoms with E-state index in [0.29, 0.717) is 32.0 Å². The average Bonchev–Trinajstić information content (AvgIpc) is 2.85. The molecule has 39 heavy (non-hydrogen) atoms. The molecule has 0 radical (unpaired) electrons. The van der Waals surface area contributed by atoms with Crippen molar-refractivity contribution in [2.24, 2.45) is 0 Å². The van der Waals surface area contributed by atoms with E-state index in [4.69, 9.17) is 14.2 Å². The number of carbonyl (C=O) groups is 1. The Balaban J connectivity index is 0.00000533. The molecule has 0 unspecified atom stereocenters. The van der Waals surface area contributed by atoms with Crippen LogP contribution in [0.5, 0.6) is 11.5 Å². The molecule has 0 fully saturated rings. The molecule has 3 aromatic carbocycles. The smallest absolute Gasteiger partial charge is 0.550 e. The van der Waals surface area contributed by atoms with Crippen molar-refractivity contribution in [3.8, 4) is 22.6 Å². The number of sulfone groups is 1. The van der Waals surface area contributed by atoms with E-state index in [1.807, 2.05) is 69.3 Å². The van der Waals surface area contributed by atoms with Crippen LogP contribution in [0.1, 0.15) is 48.1 Å². The first kappa shape index (κ1) is 32.8. The molecule has 0 aliphatic heterocycles. The topological polar surface area (TPSA) is 102 Å². The summed E-state index contributed by atoms with van der Waals surface area (Å²) in [5.74, 6) is 0.359. The first-order valence-electron chi connectivity index (χ1n) is 12.6. The summed E-state index contributed by atoms with van der Waals surface area (Å²) in [6, 6.07) is 19.4. The van der Waals surface area contributed by atoms with Crippen molar-refractivity contribution in [2.75, 3.05) is 25.2 Å². The summed E-state index contributed by atoms with van der Waals surface area (Å²) >= 11 is 0. The van der Waals surface area contributed by atoms with E-state index < -0.39 is 21.9 Å². The van der Waals surface area contributed by atoms with Crippen molar-refractivity contribution in [2.45, 2.75) is 46.3 Å². The third-order valence-electron chi connectivity index (χ3n) is 6.03. The number of carboxylic acids is 1. The molecule has 0 amide bonds. The van der Waals surface area contributed by atoms with Crippen molar-refractivity contribution < 1.29 is 62.1 Å². The van der Waals surface area contributed by atoms with E-state index in [1.54, 1.807) is 0 Å². The number of carbonyl (C=O) groups excluding carboxylic acids is 1. The van der Waals surface area contributed by atoms with Crippen molar-refractivity contribution in [3.63, 3.8) is 0 Å². The number of benzene rings is 3. The Labute approximate surface area is 253 Å². The number of aliphatic carboxylic acids is 1. The first-order valence-corrected chi connectivity index (χ1v) is 14.7. The fraction of sp³-hybridized carbons (Fsp3) is 0.367. The molecular weight excluding hydrogens is 527 g/mol. The monoisotopic (exact) mass is 562 g/mol. The molecule has 0 aromatic heterocycles. The van der Waals surface area contributed by atoms with Crippen LogP contribution in [0.2, 0.25) is 0 Å². The quantitative estimate of drug-likeness (QED) is 0.217. The van der Waals surface area contributed by atoms with Gasteiger partial charge in [0, 0.05) is 25.3 Å². The number of aryl methyl sites for hydroxylation is 2. The van der Waals surface area contributed by atoms with Crippen LogP contribution in [-0.2, 0) is 26.0 Å². The summed E-state index contributed by atoms with van der Waals surface area (Å²) in [6.07, 6.45) is 0.935. The number of rotatable bonds is 14. The Morgan fingerprint density at radius 2 is 1.62 bits per heavy atom. The third kappa shape index (κ3) is 10.6. The fourth-order valence-corrected chi connectivity index (χ4v) is 5.00. The predicted octanol–water partition coefficient (Wildman–Crippen LogP) is 1.58. The third-order valence-corrected chi connectivity index (χ3v) is 7.06. The van der Waals surface area contributed by atoms with E-state index in [9.17, 15) is 18.3 Å². The number of carboxylic acid groups (broad SMARTS) is 1. The molecule has 0 bridgehead atoms. The Hall–Kier alpha value is -2.36. The minimum absolute atomic E-state index is 0. The summed E-state index contributed by atoms with van der Waals surface area (Å²) in [5, 5.41) is 11.0. The minimum atomic E-state index is -2.99. The molecular formula is C30H35NaO7S. The Morgan fingerprint density at radius 1 is 0.949 bits per heavy atom. The first-order chi connectivity index (χ1) is 18.1. The van der Waals surface area contributed by atoms with Crippen molar-refractivity contribution in [1.29, 1.82) is 0 Å². The van der Waals surface area contributed by atoms with Gasteiger partial charge in [0.1, 0.15) is 27.9 Å². The second-order valence-electron chi connectivity index (χ2n) is 9.34. The van der Waals surface area contributed by atoms with Crippen LogP contribution in [0, 0.1) is 13.8 Å². The fourth-order valence-electron chi connectivity index (χ4n) is 4.36. The van der Waals surface area contributed by atoms with E-state index in [-0.39, 0.29) is 41.7 Å². The molecule has 0 saturated heterocycles. The Morgan fingerprint density at radius 3 is 2.21 bits per heavy atom. The van der Waals surface area contributed by atoms with E-state index >= 15 is 0 Å². The van der Waals surface area contributed by atoms with Gasteiger partial charge in [-0.2, -0.15) is 0 Å². The molecule has 0 aliphatic rings. The summed E-state index contributed by atoms with van der Waals surface area (Å²) in [6.45, 7) is 7.03. The molecule has 0 saturated carbocycles. The largest absolute Gasteiger partial charge is 1.00 e. The van der Waals surface area contributed by atoms with Crippen molar-refractivity contribution >= 4 is 15.8 Å². The van der Waals surface area contributed by atoms with Crippen LogP contribution >= 0.6 is 0 Å².